The quantitative estimate of drug-likeness (QED) is 0.248. The molecule has 0 bridgehead atoms. The molecular formula is C28H35BO. The average molecular weight is 398 g/mol. The Morgan fingerprint density at radius 1 is 0.667 bits per heavy atom. The van der Waals surface area contributed by atoms with E-state index in [0.29, 0.717) is 0 Å². The van der Waals surface area contributed by atoms with E-state index in [9.17, 15) is 0 Å². The maximum Gasteiger partial charge on any atom is 0.157 e. The van der Waals surface area contributed by atoms with Crippen LogP contribution in [0, 0.1) is 0 Å². The molecule has 0 spiro atoms. The Morgan fingerprint density at radius 2 is 1.40 bits per heavy atom. The van der Waals surface area contributed by atoms with Crippen LogP contribution in [-0.4, -0.2) is 13.9 Å². The monoisotopic (exact) mass is 398 g/mol. The fourth-order valence-electron chi connectivity index (χ4n) is 3.83. The first-order valence-electron chi connectivity index (χ1n) is 11.7. The van der Waals surface area contributed by atoms with Gasteiger partial charge in [0.2, 0.25) is 0 Å². The molecule has 0 radical (unpaired) electrons. The fraction of sp³-hybridized carbons (Fsp3) is 0.357. The summed E-state index contributed by atoms with van der Waals surface area (Å²) in [7, 11) is 1.14. The molecule has 1 nitrogen and oxygen atoms in total. The second-order valence-electron chi connectivity index (χ2n) is 8.22. The van der Waals surface area contributed by atoms with Gasteiger partial charge in [-0.25, -0.2) is 0 Å². The zero-order valence-electron chi connectivity index (χ0n) is 18.5. The maximum atomic E-state index is 5.83. The van der Waals surface area contributed by atoms with Crippen LogP contribution < -0.4 is 10.2 Å². The van der Waals surface area contributed by atoms with Gasteiger partial charge in [-0.1, -0.05) is 98.3 Å². The molecule has 0 aliphatic heterocycles. The topological polar surface area (TPSA) is 9.23 Å². The summed E-state index contributed by atoms with van der Waals surface area (Å²) < 4.78 is 5.83. The zero-order valence-corrected chi connectivity index (χ0v) is 18.5. The van der Waals surface area contributed by atoms with Gasteiger partial charge in [-0.2, -0.15) is 0 Å². The maximum absolute atomic E-state index is 5.83. The van der Waals surface area contributed by atoms with E-state index in [2.05, 4.69) is 85.8 Å². The van der Waals surface area contributed by atoms with Gasteiger partial charge in [0.05, 0.1) is 6.61 Å². The third-order valence-corrected chi connectivity index (χ3v) is 5.63. The van der Waals surface area contributed by atoms with Gasteiger partial charge in [-0.3, -0.25) is 0 Å². The van der Waals surface area contributed by atoms with Gasteiger partial charge >= 0.3 is 0 Å². The van der Waals surface area contributed by atoms with Crippen molar-refractivity contribution in [2.75, 3.05) is 6.61 Å². The summed E-state index contributed by atoms with van der Waals surface area (Å²) in [4.78, 5) is 0. The molecule has 0 heterocycles. The lowest BCUT2D eigenvalue weighted by Crippen LogP contribution is -2.13. The number of benzene rings is 3. The molecular weight excluding hydrogens is 363 g/mol. The zero-order chi connectivity index (χ0) is 20.9. The van der Waals surface area contributed by atoms with E-state index in [1.807, 2.05) is 0 Å². The molecule has 0 aliphatic carbocycles. The first-order valence-corrected chi connectivity index (χ1v) is 11.7. The number of ether oxygens (including phenoxy) is 1. The van der Waals surface area contributed by atoms with Crippen LogP contribution in [0.25, 0.3) is 0 Å². The number of rotatable bonds is 13. The fourth-order valence-corrected chi connectivity index (χ4v) is 3.83. The van der Waals surface area contributed by atoms with Crippen LogP contribution in [0.5, 0.6) is 5.75 Å². The molecule has 156 valence electrons. The van der Waals surface area contributed by atoms with Gasteiger partial charge in [0, 0.05) is 0 Å². The van der Waals surface area contributed by atoms with Crippen LogP contribution in [0.1, 0.15) is 49.3 Å². The lowest BCUT2D eigenvalue weighted by Gasteiger charge is -2.08. The Labute approximate surface area is 183 Å². The molecule has 30 heavy (non-hydrogen) atoms. The third kappa shape index (κ3) is 8.10. The van der Waals surface area contributed by atoms with Gasteiger partial charge in [-0.15, -0.1) is 0 Å². The number of hydrogen-bond acceptors (Lipinski definition) is 1. The van der Waals surface area contributed by atoms with Gasteiger partial charge in [0.15, 0.2) is 7.28 Å². The molecule has 3 aromatic rings. The summed E-state index contributed by atoms with van der Waals surface area (Å²) in [5, 5.41) is 0. The molecule has 0 aliphatic rings. The normalized spacial score (nSPS) is 10.7. The molecule has 0 N–H and O–H groups in total. The van der Waals surface area contributed by atoms with Crippen molar-refractivity contribution in [3.8, 4) is 5.75 Å². The van der Waals surface area contributed by atoms with E-state index in [0.717, 1.165) is 38.9 Å². The summed E-state index contributed by atoms with van der Waals surface area (Å²) in [6, 6.07) is 28.6. The molecule has 0 atom stereocenters. The Kier molecular flexibility index (Phi) is 9.59. The van der Waals surface area contributed by atoms with E-state index in [4.69, 9.17) is 4.74 Å². The van der Waals surface area contributed by atoms with Crippen LogP contribution in [-0.2, 0) is 19.3 Å². The Balaban J connectivity index is 1.36. The molecule has 0 saturated carbocycles. The molecule has 0 saturated heterocycles. The van der Waals surface area contributed by atoms with E-state index in [-0.39, 0.29) is 0 Å². The van der Waals surface area contributed by atoms with Gasteiger partial charge in [0.25, 0.3) is 0 Å². The highest BCUT2D eigenvalue weighted by Gasteiger charge is 2.02. The number of unbranched alkanes of at least 4 members (excludes halogenated alkanes) is 2. The molecule has 3 rings (SSSR count). The molecule has 0 unspecified atom stereocenters. The van der Waals surface area contributed by atoms with Gasteiger partial charge < -0.3 is 4.74 Å². The molecule has 3 aromatic carbocycles. The van der Waals surface area contributed by atoms with Crippen LogP contribution in [0.3, 0.4) is 0 Å². The van der Waals surface area contributed by atoms with Gasteiger partial charge in [-0.05, 0) is 60.9 Å². The third-order valence-electron chi connectivity index (χ3n) is 5.63. The largest absolute Gasteiger partial charge is 0.494 e. The first-order chi connectivity index (χ1) is 14.8. The lowest BCUT2D eigenvalue weighted by molar-refractivity contribution is 0.309. The van der Waals surface area contributed by atoms with E-state index in [1.54, 1.807) is 0 Å². The standard InChI is InChI=1S/C28H35BO/c1-2-3-21-30-28-17-10-16-27(23-28)29-20-8-7-13-25-14-9-15-26(22-25)19-18-24-11-5-4-6-12-24/h4-6,9-12,14-17,22-23,29H,2-3,7-8,13,18-21H2,1H3. The minimum Gasteiger partial charge on any atom is -0.494 e. The Hall–Kier alpha value is -2.48. The van der Waals surface area contributed by atoms with Crippen LogP contribution >= 0.6 is 0 Å². The van der Waals surface area contributed by atoms with Crippen molar-refractivity contribution in [1.29, 1.82) is 0 Å². The van der Waals surface area contributed by atoms with Crippen molar-refractivity contribution in [3.05, 3.63) is 95.6 Å². The van der Waals surface area contributed by atoms with E-state index in [1.165, 1.54) is 54.2 Å². The predicted molar refractivity (Wildman–Crippen MR) is 132 cm³/mol. The van der Waals surface area contributed by atoms with Crippen LogP contribution in [0.15, 0.2) is 78.9 Å². The Bertz CT molecular complexity index is 859. The van der Waals surface area contributed by atoms with Crippen molar-refractivity contribution in [3.63, 3.8) is 0 Å². The number of hydrogen-bond donors (Lipinski definition) is 0. The van der Waals surface area contributed by atoms with Crippen molar-refractivity contribution in [2.45, 2.75) is 58.2 Å². The minimum absolute atomic E-state index is 0.824. The van der Waals surface area contributed by atoms with E-state index >= 15 is 0 Å². The minimum atomic E-state index is 0.824. The average Bonchev–Trinajstić information content (AvgIpc) is 2.79. The first kappa shape index (κ1) is 22.2. The second-order valence-corrected chi connectivity index (χ2v) is 8.22. The van der Waals surface area contributed by atoms with E-state index < -0.39 is 0 Å². The highest BCUT2D eigenvalue weighted by Crippen LogP contribution is 2.13. The van der Waals surface area contributed by atoms with Crippen LogP contribution in [0.2, 0.25) is 6.32 Å². The van der Waals surface area contributed by atoms with Crippen LogP contribution in [0.4, 0.5) is 0 Å². The summed E-state index contributed by atoms with van der Waals surface area (Å²) >= 11 is 0. The van der Waals surface area contributed by atoms with Crippen molar-refractivity contribution >= 4 is 12.7 Å². The molecule has 0 fully saturated rings. The number of aryl methyl sites for hydroxylation is 3. The highest BCUT2D eigenvalue weighted by molar-refractivity contribution is 6.53. The lowest BCUT2D eigenvalue weighted by atomic mass is 9.66. The van der Waals surface area contributed by atoms with Gasteiger partial charge in [0.1, 0.15) is 5.75 Å². The summed E-state index contributed by atoms with van der Waals surface area (Å²) in [6.07, 6.45) is 9.49. The second kappa shape index (κ2) is 13.0. The van der Waals surface area contributed by atoms with Crippen molar-refractivity contribution < 1.29 is 4.74 Å². The molecule has 0 amide bonds. The SMILES string of the molecule is CCCCOc1cccc(BCCCCc2cccc(CCc3ccccc3)c2)c1. The highest BCUT2D eigenvalue weighted by atomic mass is 16.5. The summed E-state index contributed by atoms with van der Waals surface area (Å²) in [5.74, 6) is 1.02. The Morgan fingerprint density at radius 3 is 2.23 bits per heavy atom. The molecule has 2 heteroatoms. The van der Waals surface area contributed by atoms with Crippen molar-refractivity contribution in [1.82, 2.24) is 0 Å². The predicted octanol–water partition coefficient (Wildman–Crippen LogP) is 6.15. The smallest absolute Gasteiger partial charge is 0.157 e. The molecule has 0 aromatic heterocycles. The summed E-state index contributed by atoms with van der Waals surface area (Å²) in [6.45, 7) is 3.02. The summed E-state index contributed by atoms with van der Waals surface area (Å²) in [5.41, 5.74) is 5.75. The van der Waals surface area contributed by atoms with Crippen molar-refractivity contribution in [2.24, 2.45) is 0 Å².